The Bertz CT molecular complexity index is 17.8. The van der Waals surface area contributed by atoms with Gasteiger partial charge in [-0.15, -0.1) is 12.4 Å². The molecule has 0 spiro atoms. The Balaban J connectivity index is -0.0000000202. The predicted octanol–water partition coefficient (Wildman–Crippen LogP) is 0.188. The van der Waals surface area contributed by atoms with Gasteiger partial charge in [-0.25, -0.2) is 0 Å². The van der Waals surface area contributed by atoms with E-state index >= 15 is 0 Å². The van der Waals surface area contributed by atoms with Crippen molar-refractivity contribution in [2.45, 2.75) is 13.8 Å². The monoisotopic (exact) mass is 178 g/mol. The quantitative estimate of drug-likeness (QED) is 0.464. The van der Waals surface area contributed by atoms with E-state index < -0.39 is 0 Å². The molecule has 0 saturated carbocycles. The lowest BCUT2D eigenvalue weighted by atomic mass is 10.9. The molecule has 1 atom stereocenters. The number of aliphatic hydroxyl groups excluding tert-OH is 2. The number of halogens is 1. The van der Waals surface area contributed by atoms with Gasteiger partial charge in [0.15, 0.2) is 0 Å². The summed E-state index contributed by atoms with van der Waals surface area (Å²) in [5.41, 5.74) is 0. The SMILES string of the molecule is CCO.CCO.Cl.OP. The van der Waals surface area contributed by atoms with Crippen molar-refractivity contribution < 1.29 is 15.1 Å². The molecule has 3 nitrogen and oxygen atoms in total. The van der Waals surface area contributed by atoms with E-state index in [1.54, 1.807) is 13.8 Å². The second kappa shape index (κ2) is 73.5. The summed E-state index contributed by atoms with van der Waals surface area (Å²) in [4.78, 5) is 6.92. The largest absolute Gasteiger partial charge is 0.397 e. The average molecular weight is 179 g/mol. The van der Waals surface area contributed by atoms with Gasteiger partial charge >= 0.3 is 0 Å². The van der Waals surface area contributed by atoms with Crippen LogP contribution in [0.25, 0.3) is 0 Å². The summed E-state index contributed by atoms with van der Waals surface area (Å²) in [5.74, 6) is 0. The highest BCUT2D eigenvalue weighted by Gasteiger charge is 1.34. The highest BCUT2D eigenvalue weighted by Crippen LogP contribution is 1.44. The molecule has 0 heterocycles. The summed E-state index contributed by atoms with van der Waals surface area (Å²) < 4.78 is 0. The zero-order chi connectivity index (χ0) is 7.41. The minimum atomic E-state index is 0. The zero-order valence-corrected chi connectivity index (χ0v) is 7.71. The lowest BCUT2D eigenvalue weighted by molar-refractivity contribution is 0.318. The molecule has 1 unspecified atom stereocenters. The van der Waals surface area contributed by atoms with Crippen LogP contribution in [0.2, 0.25) is 0 Å². The third kappa shape index (κ3) is 1040. The minimum absolute atomic E-state index is 0. The van der Waals surface area contributed by atoms with Gasteiger partial charge in [-0.1, -0.05) is 0 Å². The number of aliphatic hydroxyl groups is 2. The van der Waals surface area contributed by atoms with Crippen molar-refractivity contribution in [1.82, 2.24) is 0 Å². The minimum Gasteiger partial charge on any atom is -0.397 e. The van der Waals surface area contributed by atoms with E-state index in [4.69, 9.17) is 15.1 Å². The molecule has 0 radical (unpaired) electrons. The average Bonchev–Trinajstić information content (AvgIpc) is 1.75. The third-order valence-electron chi connectivity index (χ3n) is 0. The first-order valence-corrected chi connectivity index (χ1v) is 2.82. The Morgan fingerprint density at radius 2 is 1.00 bits per heavy atom. The fourth-order valence-electron chi connectivity index (χ4n) is 0. The highest BCUT2D eigenvalue weighted by atomic mass is 35.5. The molecule has 3 N–H and O–H groups in total. The Morgan fingerprint density at radius 1 is 1.00 bits per heavy atom. The normalized spacial score (nSPS) is 4.67. The Labute approximate surface area is 64.8 Å². The maximum atomic E-state index is 7.57. The van der Waals surface area contributed by atoms with E-state index in [9.17, 15) is 0 Å². The van der Waals surface area contributed by atoms with Crippen molar-refractivity contribution in [2.75, 3.05) is 13.2 Å². The first-order valence-electron chi connectivity index (χ1n) is 2.30. The third-order valence-corrected chi connectivity index (χ3v) is 0. The van der Waals surface area contributed by atoms with Gasteiger partial charge in [0.2, 0.25) is 0 Å². The van der Waals surface area contributed by atoms with Crippen LogP contribution in [0.4, 0.5) is 0 Å². The molecular weight excluding hydrogens is 162 g/mol. The van der Waals surface area contributed by atoms with Crippen LogP contribution in [-0.2, 0) is 0 Å². The smallest absolute Gasteiger partial charge is 0.0402 e. The Hall–Kier alpha value is 0.600. The summed E-state index contributed by atoms with van der Waals surface area (Å²) in [5, 5.41) is 15.1. The van der Waals surface area contributed by atoms with Gasteiger partial charge in [0, 0.05) is 13.2 Å². The molecule has 0 fully saturated rings. The second-order valence-electron chi connectivity index (χ2n) is 0.632. The second-order valence-corrected chi connectivity index (χ2v) is 0.632. The molecule has 0 bridgehead atoms. The topological polar surface area (TPSA) is 60.7 Å². The summed E-state index contributed by atoms with van der Waals surface area (Å²) in [6.45, 7) is 3.86. The molecule has 0 aliphatic rings. The van der Waals surface area contributed by atoms with Crippen molar-refractivity contribution >= 4 is 21.9 Å². The van der Waals surface area contributed by atoms with Crippen LogP contribution in [-0.4, -0.2) is 28.3 Å². The van der Waals surface area contributed by atoms with Crippen LogP contribution in [0.1, 0.15) is 13.8 Å². The van der Waals surface area contributed by atoms with E-state index in [-0.39, 0.29) is 25.6 Å². The maximum absolute atomic E-state index is 7.57. The lowest BCUT2D eigenvalue weighted by Gasteiger charge is -1.52. The van der Waals surface area contributed by atoms with Gasteiger partial charge < -0.3 is 15.1 Å². The first kappa shape index (κ1) is 22.6. The number of hydrogen-bond acceptors (Lipinski definition) is 3. The highest BCUT2D eigenvalue weighted by molar-refractivity contribution is 7.08. The number of rotatable bonds is 0. The van der Waals surface area contributed by atoms with Crippen LogP contribution in [0.5, 0.6) is 0 Å². The van der Waals surface area contributed by atoms with E-state index in [0.717, 1.165) is 0 Å². The van der Waals surface area contributed by atoms with Crippen LogP contribution in [0.15, 0.2) is 0 Å². The molecule has 0 aromatic carbocycles. The van der Waals surface area contributed by atoms with Crippen molar-refractivity contribution in [3.63, 3.8) is 0 Å². The zero-order valence-electron chi connectivity index (χ0n) is 5.74. The molecule has 0 saturated heterocycles. The van der Waals surface area contributed by atoms with Gasteiger partial charge in [0.1, 0.15) is 0 Å². The molecule has 9 heavy (non-hydrogen) atoms. The van der Waals surface area contributed by atoms with Crippen molar-refractivity contribution in [2.24, 2.45) is 0 Å². The standard InChI is InChI=1S/2C2H6O.ClH.H3OP/c2*1-2-3;;1-2/h2*3H,2H2,1H3;1H;1H,2H2. The summed E-state index contributed by atoms with van der Waals surface area (Å²) in [6, 6.07) is 0. The first-order chi connectivity index (χ1) is 3.83. The summed E-state index contributed by atoms with van der Waals surface area (Å²) in [6.07, 6.45) is 0. The number of hydrogen-bond donors (Lipinski definition) is 3. The van der Waals surface area contributed by atoms with E-state index in [1.807, 2.05) is 0 Å². The molecule has 0 amide bonds. The molecule has 0 aromatic rings. The van der Waals surface area contributed by atoms with Crippen molar-refractivity contribution in [3.05, 3.63) is 0 Å². The predicted molar refractivity (Wildman–Crippen MR) is 44.7 cm³/mol. The van der Waals surface area contributed by atoms with Crippen LogP contribution in [0.3, 0.4) is 0 Å². The molecular formula is C4H16ClO3P. The molecule has 0 aliphatic heterocycles. The fraction of sp³-hybridized carbons (Fsp3) is 1.00. The van der Waals surface area contributed by atoms with Gasteiger partial charge in [0.05, 0.1) is 0 Å². The van der Waals surface area contributed by atoms with Crippen molar-refractivity contribution in [1.29, 1.82) is 0 Å². The summed E-state index contributed by atoms with van der Waals surface area (Å²) in [7, 11) is 1.42. The Kier molecular flexibility index (Phi) is 185. The van der Waals surface area contributed by atoms with E-state index in [1.165, 1.54) is 9.47 Å². The van der Waals surface area contributed by atoms with Crippen LogP contribution in [0, 0.1) is 0 Å². The van der Waals surface area contributed by atoms with Gasteiger partial charge in [0.25, 0.3) is 0 Å². The van der Waals surface area contributed by atoms with Crippen LogP contribution >= 0.6 is 21.9 Å². The lowest BCUT2D eigenvalue weighted by Crippen LogP contribution is -1.57. The van der Waals surface area contributed by atoms with Crippen LogP contribution < -0.4 is 0 Å². The fourth-order valence-corrected chi connectivity index (χ4v) is 0. The van der Waals surface area contributed by atoms with Gasteiger partial charge in [-0.05, 0) is 23.3 Å². The molecule has 62 valence electrons. The molecule has 0 aliphatic carbocycles. The van der Waals surface area contributed by atoms with Gasteiger partial charge in [-0.2, -0.15) is 0 Å². The maximum Gasteiger partial charge on any atom is 0.0402 e. The molecule has 0 rings (SSSR count). The Morgan fingerprint density at radius 3 is 1.00 bits per heavy atom. The van der Waals surface area contributed by atoms with E-state index in [2.05, 4.69) is 0 Å². The molecule has 0 aromatic heterocycles. The molecule has 5 heteroatoms. The summed E-state index contributed by atoms with van der Waals surface area (Å²) >= 11 is 0. The van der Waals surface area contributed by atoms with Gasteiger partial charge in [-0.3, -0.25) is 0 Å². The van der Waals surface area contributed by atoms with E-state index in [0.29, 0.717) is 0 Å². The van der Waals surface area contributed by atoms with Crippen molar-refractivity contribution in [3.8, 4) is 0 Å².